The minimum absolute atomic E-state index is 0.0278. The van der Waals surface area contributed by atoms with Crippen LogP contribution in [0.4, 0.5) is 11.4 Å². The first-order valence-electron chi connectivity index (χ1n) is 6.94. The molecule has 7 nitrogen and oxygen atoms in total. The van der Waals surface area contributed by atoms with Gasteiger partial charge < -0.3 is 16.2 Å². The number of carbonyl (C=O) groups is 1. The summed E-state index contributed by atoms with van der Waals surface area (Å²) in [5.74, 6) is -0.908. The molecule has 1 aliphatic rings. The van der Waals surface area contributed by atoms with Gasteiger partial charge in [-0.1, -0.05) is 30.3 Å². The van der Waals surface area contributed by atoms with Crippen molar-refractivity contribution in [2.24, 2.45) is 5.14 Å². The molecule has 6 N–H and O–H groups in total. The minimum Gasteiger partial charge on any atom is -0.477 e. The quantitative estimate of drug-likeness (QED) is 0.608. The number of hydrogen-bond donors (Lipinski definition) is 4. The predicted molar refractivity (Wildman–Crippen MR) is 91.7 cm³/mol. The smallest absolute Gasteiger partial charge is 0.351 e. The number of para-hydroxylation sites is 2. The van der Waals surface area contributed by atoms with E-state index in [-0.39, 0.29) is 16.3 Å². The number of fused-ring (bicyclic) bond motifs is 1. The van der Waals surface area contributed by atoms with Crippen molar-refractivity contribution in [1.29, 1.82) is 0 Å². The lowest BCUT2D eigenvalue weighted by Gasteiger charge is -2.15. The third kappa shape index (κ3) is 4.34. The Morgan fingerprint density at radius 1 is 1.08 bits per heavy atom. The molecule has 2 aromatic rings. The monoisotopic (exact) mass is 347 g/mol. The minimum atomic E-state index is -3.66. The molecule has 0 amide bonds. The van der Waals surface area contributed by atoms with Gasteiger partial charge in [0.05, 0.1) is 5.69 Å². The molecule has 24 heavy (non-hydrogen) atoms. The molecule has 126 valence electrons. The van der Waals surface area contributed by atoms with Crippen molar-refractivity contribution in [1.82, 2.24) is 0 Å². The van der Waals surface area contributed by atoms with E-state index in [1.807, 2.05) is 24.3 Å². The molecule has 0 saturated carbocycles. The summed E-state index contributed by atoms with van der Waals surface area (Å²) in [7, 11) is -3.66. The van der Waals surface area contributed by atoms with Gasteiger partial charge >= 0.3 is 5.97 Å². The second-order valence-electron chi connectivity index (χ2n) is 4.99. The lowest BCUT2D eigenvalue weighted by atomic mass is 10.1. The molecule has 0 radical (unpaired) electrons. The number of carboxylic acid groups (broad SMARTS) is 1. The van der Waals surface area contributed by atoms with Crippen LogP contribution < -0.4 is 16.2 Å². The van der Waals surface area contributed by atoms with Crippen LogP contribution in [0, 0.1) is 0 Å². The predicted octanol–water partition coefficient (Wildman–Crippen LogP) is 1.54. The number of carboxylic acids is 1. The molecule has 0 unspecified atom stereocenters. The fourth-order valence-corrected chi connectivity index (χ4v) is 2.77. The van der Waals surface area contributed by atoms with Crippen molar-refractivity contribution in [3.8, 4) is 0 Å². The van der Waals surface area contributed by atoms with Crippen LogP contribution in [0.25, 0.3) is 0 Å². The average molecular weight is 347 g/mol. The third-order valence-electron chi connectivity index (χ3n) is 3.27. The van der Waals surface area contributed by atoms with Crippen LogP contribution in [-0.4, -0.2) is 19.5 Å². The molecule has 1 heterocycles. The van der Waals surface area contributed by atoms with Gasteiger partial charge in [-0.05, 0) is 36.3 Å². The van der Waals surface area contributed by atoms with Gasteiger partial charge in [-0.2, -0.15) is 0 Å². The molecular formula is C16H17N3O4S. The summed E-state index contributed by atoms with van der Waals surface area (Å²) in [5, 5.41) is 16.4. The van der Waals surface area contributed by atoms with E-state index in [1.165, 1.54) is 12.1 Å². The SMILES string of the molecule is Nc1ccccc1S(N)(=O)=O.O=C(O)C1=CCc2ccccc2N1. The maximum Gasteiger partial charge on any atom is 0.351 e. The molecule has 0 atom stereocenters. The number of sulfonamides is 1. The standard InChI is InChI=1S/C10H9NO2.C6H8N2O2S/c12-10(13)9-6-5-7-3-1-2-4-8(7)11-9;7-5-3-1-2-4-6(5)11(8,9)10/h1-4,6,11H,5H2,(H,12,13);1-4H,7H2,(H2,8,9,10). The van der Waals surface area contributed by atoms with Crippen molar-refractivity contribution in [3.05, 3.63) is 65.9 Å². The first-order valence-corrected chi connectivity index (χ1v) is 8.49. The van der Waals surface area contributed by atoms with E-state index in [4.69, 9.17) is 16.0 Å². The topological polar surface area (TPSA) is 136 Å². The lowest BCUT2D eigenvalue weighted by molar-refractivity contribution is -0.132. The Bertz CT molecular complexity index is 892. The molecule has 1 aliphatic heterocycles. The highest BCUT2D eigenvalue weighted by Crippen LogP contribution is 2.22. The molecule has 0 bridgehead atoms. The lowest BCUT2D eigenvalue weighted by Crippen LogP contribution is -2.15. The highest BCUT2D eigenvalue weighted by molar-refractivity contribution is 7.89. The number of nitrogens with one attached hydrogen (secondary N) is 1. The molecule has 0 fully saturated rings. The Hall–Kier alpha value is -2.84. The zero-order valence-corrected chi connectivity index (χ0v) is 13.5. The highest BCUT2D eigenvalue weighted by atomic mass is 32.2. The normalized spacial score (nSPS) is 12.8. The summed E-state index contributed by atoms with van der Waals surface area (Å²) in [6, 6.07) is 13.8. The Morgan fingerprint density at radius 2 is 1.71 bits per heavy atom. The molecule has 0 aliphatic carbocycles. The molecular weight excluding hydrogens is 330 g/mol. The first-order chi connectivity index (χ1) is 11.3. The van der Waals surface area contributed by atoms with Gasteiger partial charge in [-0.25, -0.2) is 18.4 Å². The van der Waals surface area contributed by atoms with Crippen LogP contribution in [0.5, 0.6) is 0 Å². The number of rotatable bonds is 2. The van der Waals surface area contributed by atoms with Crippen LogP contribution in [0.15, 0.2) is 65.2 Å². The maximum atomic E-state index is 10.8. The summed E-state index contributed by atoms with van der Waals surface area (Å²) in [6.45, 7) is 0. The van der Waals surface area contributed by atoms with Gasteiger partial charge in [-0.15, -0.1) is 0 Å². The third-order valence-corrected chi connectivity index (χ3v) is 4.25. The number of aliphatic carboxylic acids is 1. The highest BCUT2D eigenvalue weighted by Gasteiger charge is 2.13. The number of primary sulfonamides is 1. The summed E-state index contributed by atoms with van der Waals surface area (Å²) in [6.07, 6.45) is 2.37. The van der Waals surface area contributed by atoms with Gasteiger partial charge in [0.1, 0.15) is 10.6 Å². The Balaban J connectivity index is 0.000000177. The van der Waals surface area contributed by atoms with E-state index in [0.29, 0.717) is 6.42 Å². The Kier molecular flexibility index (Phi) is 5.22. The number of benzene rings is 2. The van der Waals surface area contributed by atoms with Gasteiger partial charge in [0, 0.05) is 5.69 Å². The number of anilines is 2. The van der Waals surface area contributed by atoms with Crippen LogP contribution in [0.3, 0.4) is 0 Å². The molecule has 3 rings (SSSR count). The summed E-state index contributed by atoms with van der Waals surface area (Å²) in [5.41, 5.74) is 7.81. The Morgan fingerprint density at radius 3 is 2.29 bits per heavy atom. The van der Waals surface area contributed by atoms with Gasteiger partial charge in [0.2, 0.25) is 10.0 Å². The second kappa shape index (κ2) is 7.16. The van der Waals surface area contributed by atoms with E-state index in [1.54, 1.807) is 18.2 Å². The first kappa shape index (κ1) is 17.5. The van der Waals surface area contributed by atoms with Crippen LogP contribution in [-0.2, 0) is 21.2 Å². The number of nitrogens with two attached hydrogens (primary N) is 2. The number of hydrogen-bond acceptors (Lipinski definition) is 5. The van der Waals surface area contributed by atoms with E-state index in [0.717, 1.165) is 11.3 Å². The maximum absolute atomic E-state index is 10.8. The van der Waals surface area contributed by atoms with Crippen LogP contribution >= 0.6 is 0 Å². The summed E-state index contributed by atoms with van der Waals surface area (Å²) in [4.78, 5) is 10.6. The van der Waals surface area contributed by atoms with Crippen LogP contribution in [0.1, 0.15) is 5.56 Å². The fraction of sp³-hybridized carbons (Fsp3) is 0.0625. The molecule has 0 aromatic heterocycles. The molecule has 0 spiro atoms. The van der Waals surface area contributed by atoms with Gasteiger partial charge in [0.15, 0.2) is 0 Å². The zero-order valence-electron chi connectivity index (χ0n) is 12.6. The van der Waals surface area contributed by atoms with Crippen molar-refractivity contribution in [2.45, 2.75) is 11.3 Å². The largest absolute Gasteiger partial charge is 0.477 e. The number of nitrogen functional groups attached to an aromatic ring is 1. The summed E-state index contributed by atoms with van der Waals surface area (Å²) >= 11 is 0. The Labute approximate surface area is 139 Å². The van der Waals surface area contributed by atoms with Crippen molar-refractivity contribution in [3.63, 3.8) is 0 Å². The van der Waals surface area contributed by atoms with E-state index in [9.17, 15) is 13.2 Å². The van der Waals surface area contributed by atoms with Crippen molar-refractivity contribution >= 4 is 27.4 Å². The zero-order chi connectivity index (χ0) is 17.7. The molecule has 8 heteroatoms. The van der Waals surface area contributed by atoms with E-state index >= 15 is 0 Å². The van der Waals surface area contributed by atoms with E-state index < -0.39 is 16.0 Å². The summed E-state index contributed by atoms with van der Waals surface area (Å²) < 4.78 is 21.5. The van der Waals surface area contributed by atoms with Crippen molar-refractivity contribution < 1.29 is 18.3 Å². The van der Waals surface area contributed by atoms with Gasteiger partial charge in [0.25, 0.3) is 0 Å². The fourth-order valence-electron chi connectivity index (χ4n) is 2.11. The average Bonchev–Trinajstić information content (AvgIpc) is 2.54. The second-order valence-corrected chi connectivity index (χ2v) is 6.52. The van der Waals surface area contributed by atoms with Crippen molar-refractivity contribution in [2.75, 3.05) is 11.1 Å². The number of allylic oxidation sites excluding steroid dienone is 1. The molecule has 0 saturated heterocycles. The van der Waals surface area contributed by atoms with Crippen LogP contribution in [0.2, 0.25) is 0 Å². The van der Waals surface area contributed by atoms with E-state index in [2.05, 4.69) is 5.32 Å². The molecule has 2 aromatic carbocycles. The van der Waals surface area contributed by atoms with Gasteiger partial charge in [-0.3, -0.25) is 0 Å².